The number of carbonyl (C=O) groups is 2. The van der Waals surface area contributed by atoms with Gasteiger partial charge < -0.3 is 9.47 Å². The lowest BCUT2D eigenvalue weighted by atomic mass is 10.1. The number of aromatic nitrogens is 2. The van der Waals surface area contributed by atoms with Gasteiger partial charge in [0.05, 0.1) is 19.0 Å². The van der Waals surface area contributed by atoms with Crippen LogP contribution in [0.3, 0.4) is 0 Å². The van der Waals surface area contributed by atoms with E-state index in [9.17, 15) is 14.0 Å². The van der Waals surface area contributed by atoms with Crippen LogP contribution >= 0.6 is 11.6 Å². The maximum absolute atomic E-state index is 13.9. The van der Waals surface area contributed by atoms with Crippen LogP contribution in [0.4, 0.5) is 10.1 Å². The van der Waals surface area contributed by atoms with Gasteiger partial charge in [-0.15, -0.1) is 0 Å². The predicted octanol–water partition coefficient (Wildman–Crippen LogP) is 3.53. The van der Waals surface area contributed by atoms with Crippen LogP contribution in [0.15, 0.2) is 60.3 Å². The summed E-state index contributed by atoms with van der Waals surface area (Å²) >= 11 is 5.68. The molecule has 0 aliphatic carbocycles. The first kappa shape index (κ1) is 20.3. The first-order valence-corrected chi connectivity index (χ1v) is 9.30. The smallest absolute Gasteiger partial charge is 0.282 e. The molecular formula is C21H14ClFN4O4. The second-order valence-electron chi connectivity index (χ2n) is 6.28. The number of amides is 2. The number of hydrogen-bond donors (Lipinski definition) is 1. The number of ether oxygens (including phenoxy) is 2. The standard InChI is InChI=1S/C21H14ClFN4O4/c1-30-17-10-12(7-8-16(17)31-19-15(23)11-24-21(22)25-19)9-14-18(28)26-27(20(14)29)13-5-3-2-4-6-13/h2-11H,1H3,(H,26,28)/b14-9-. The number of para-hydroxylation sites is 1. The van der Waals surface area contributed by atoms with Gasteiger partial charge in [-0.25, -0.2) is 9.99 Å². The number of halogens is 2. The summed E-state index contributed by atoms with van der Waals surface area (Å²) in [5, 5.41) is 0.996. The van der Waals surface area contributed by atoms with Crippen LogP contribution in [0.5, 0.6) is 17.4 Å². The van der Waals surface area contributed by atoms with E-state index in [1.165, 1.54) is 30.3 Å². The van der Waals surface area contributed by atoms with Crippen LogP contribution in [0.1, 0.15) is 5.56 Å². The van der Waals surface area contributed by atoms with Gasteiger partial charge in [0.1, 0.15) is 5.57 Å². The third-order valence-corrected chi connectivity index (χ3v) is 4.48. The van der Waals surface area contributed by atoms with Crippen molar-refractivity contribution in [2.24, 2.45) is 0 Å². The first-order chi connectivity index (χ1) is 15.0. The third-order valence-electron chi connectivity index (χ3n) is 4.29. The number of nitrogens with zero attached hydrogens (tertiary/aromatic N) is 3. The molecule has 0 radical (unpaired) electrons. The van der Waals surface area contributed by atoms with Crippen LogP contribution in [-0.2, 0) is 9.59 Å². The number of hydrogen-bond acceptors (Lipinski definition) is 6. The van der Waals surface area contributed by atoms with Crippen molar-refractivity contribution in [3.8, 4) is 17.4 Å². The van der Waals surface area contributed by atoms with Gasteiger partial charge in [0, 0.05) is 0 Å². The van der Waals surface area contributed by atoms with Crippen molar-refractivity contribution >= 4 is 35.2 Å². The zero-order valence-electron chi connectivity index (χ0n) is 16.0. The van der Waals surface area contributed by atoms with Crippen molar-refractivity contribution in [2.75, 3.05) is 12.1 Å². The zero-order chi connectivity index (χ0) is 22.0. The van der Waals surface area contributed by atoms with Crippen molar-refractivity contribution in [2.45, 2.75) is 0 Å². The van der Waals surface area contributed by atoms with E-state index in [1.807, 2.05) is 0 Å². The van der Waals surface area contributed by atoms with Gasteiger partial charge >= 0.3 is 0 Å². The van der Waals surface area contributed by atoms with Gasteiger partial charge in [-0.05, 0) is 47.5 Å². The minimum Gasteiger partial charge on any atom is -0.493 e. The van der Waals surface area contributed by atoms with Crippen LogP contribution in [0.25, 0.3) is 6.08 Å². The summed E-state index contributed by atoms with van der Waals surface area (Å²) in [7, 11) is 1.40. The number of carbonyl (C=O) groups excluding carboxylic acids is 2. The highest BCUT2D eigenvalue weighted by Crippen LogP contribution is 2.33. The molecule has 0 spiro atoms. The van der Waals surface area contributed by atoms with E-state index >= 15 is 0 Å². The second-order valence-corrected chi connectivity index (χ2v) is 6.62. The molecule has 3 aromatic rings. The highest BCUT2D eigenvalue weighted by molar-refractivity contribution is 6.31. The fourth-order valence-corrected chi connectivity index (χ4v) is 2.97. The number of methoxy groups -OCH3 is 1. The fourth-order valence-electron chi connectivity index (χ4n) is 2.85. The Kier molecular flexibility index (Phi) is 5.50. The van der Waals surface area contributed by atoms with Gasteiger partial charge in [0.15, 0.2) is 11.5 Å². The van der Waals surface area contributed by atoms with Gasteiger partial charge in [-0.1, -0.05) is 24.3 Å². The molecular weight excluding hydrogens is 427 g/mol. The molecule has 0 saturated carbocycles. The summed E-state index contributed by atoms with van der Waals surface area (Å²) in [6.07, 6.45) is 2.31. The number of benzene rings is 2. The molecule has 31 heavy (non-hydrogen) atoms. The molecule has 2 aromatic carbocycles. The first-order valence-electron chi connectivity index (χ1n) is 8.92. The van der Waals surface area contributed by atoms with Gasteiger partial charge in [-0.2, -0.15) is 9.37 Å². The molecule has 0 bridgehead atoms. The number of nitrogens with one attached hydrogen (secondary N) is 1. The lowest BCUT2D eigenvalue weighted by Gasteiger charge is -2.13. The van der Waals surface area contributed by atoms with Crippen molar-refractivity contribution < 1.29 is 23.5 Å². The third kappa shape index (κ3) is 4.17. The van der Waals surface area contributed by atoms with Crippen molar-refractivity contribution in [3.05, 3.63) is 77.0 Å². The van der Waals surface area contributed by atoms with E-state index in [0.29, 0.717) is 11.3 Å². The Morgan fingerprint density at radius 3 is 2.65 bits per heavy atom. The largest absolute Gasteiger partial charge is 0.493 e. The maximum atomic E-state index is 13.9. The molecule has 2 amide bonds. The van der Waals surface area contributed by atoms with E-state index in [4.69, 9.17) is 21.1 Å². The van der Waals surface area contributed by atoms with Crippen molar-refractivity contribution in [1.82, 2.24) is 15.4 Å². The van der Waals surface area contributed by atoms with Crippen LogP contribution in [-0.4, -0.2) is 28.9 Å². The Hall–Kier alpha value is -3.98. The van der Waals surface area contributed by atoms with Crippen LogP contribution < -0.4 is 19.9 Å². The highest BCUT2D eigenvalue weighted by atomic mass is 35.5. The average Bonchev–Trinajstić information content (AvgIpc) is 3.06. The minimum atomic E-state index is -0.799. The molecule has 1 aliphatic heterocycles. The van der Waals surface area contributed by atoms with E-state index in [1.54, 1.807) is 36.4 Å². The monoisotopic (exact) mass is 440 g/mol. The lowest BCUT2D eigenvalue weighted by molar-refractivity contribution is -0.117. The average molecular weight is 441 g/mol. The second kappa shape index (κ2) is 8.41. The van der Waals surface area contributed by atoms with E-state index in [-0.39, 0.29) is 28.2 Å². The van der Waals surface area contributed by atoms with Crippen molar-refractivity contribution in [3.63, 3.8) is 0 Å². The summed E-state index contributed by atoms with van der Waals surface area (Å²) in [5.74, 6) is -1.81. The molecule has 156 valence electrons. The number of anilines is 1. The van der Waals surface area contributed by atoms with Gasteiger partial charge in [0.25, 0.3) is 17.7 Å². The molecule has 2 heterocycles. The molecule has 10 heteroatoms. The Morgan fingerprint density at radius 1 is 1.13 bits per heavy atom. The topological polar surface area (TPSA) is 93.7 Å². The summed E-state index contributed by atoms with van der Waals surface area (Å²) in [5.41, 5.74) is 3.52. The van der Waals surface area contributed by atoms with Crippen molar-refractivity contribution in [1.29, 1.82) is 0 Å². The normalized spacial score (nSPS) is 14.7. The molecule has 1 saturated heterocycles. The van der Waals surface area contributed by atoms with E-state index in [0.717, 1.165) is 6.20 Å². The quantitative estimate of drug-likeness (QED) is 0.370. The Balaban J connectivity index is 1.62. The van der Waals surface area contributed by atoms with Gasteiger partial charge in [0.2, 0.25) is 11.1 Å². The fraction of sp³-hybridized carbons (Fsp3) is 0.0476. The Morgan fingerprint density at radius 2 is 1.90 bits per heavy atom. The lowest BCUT2D eigenvalue weighted by Crippen LogP contribution is -2.35. The highest BCUT2D eigenvalue weighted by Gasteiger charge is 2.34. The Bertz CT molecular complexity index is 1200. The minimum absolute atomic E-state index is 0.0480. The van der Waals surface area contributed by atoms with E-state index in [2.05, 4.69) is 15.4 Å². The number of hydrazine groups is 1. The maximum Gasteiger partial charge on any atom is 0.282 e. The summed E-state index contributed by atoms with van der Waals surface area (Å²) in [6.45, 7) is 0. The molecule has 0 unspecified atom stereocenters. The molecule has 4 rings (SSSR count). The summed E-state index contributed by atoms with van der Waals surface area (Å²) < 4.78 is 24.6. The molecule has 8 nitrogen and oxygen atoms in total. The molecule has 1 fully saturated rings. The predicted molar refractivity (Wildman–Crippen MR) is 110 cm³/mol. The summed E-state index contributed by atoms with van der Waals surface area (Å²) in [6, 6.07) is 13.3. The Labute approximate surface area is 180 Å². The molecule has 1 aromatic heterocycles. The molecule has 1 aliphatic rings. The zero-order valence-corrected chi connectivity index (χ0v) is 16.8. The van der Waals surface area contributed by atoms with Crippen LogP contribution in [0, 0.1) is 5.82 Å². The SMILES string of the molecule is COc1cc(/C=C2/C(=O)NN(c3ccccc3)C2=O)ccc1Oc1nc(Cl)ncc1F. The molecule has 0 atom stereocenters. The van der Waals surface area contributed by atoms with E-state index < -0.39 is 17.6 Å². The van der Waals surface area contributed by atoms with Crippen LogP contribution in [0.2, 0.25) is 5.28 Å². The molecule has 1 N–H and O–H groups in total. The van der Waals surface area contributed by atoms with Gasteiger partial charge in [-0.3, -0.25) is 15.0 Å². The summed E-state index contributed by atoms with van der Waals surface area (Å²) in [4.78, 5) is 32.3. The number of rotatable bonds is 5.